The minimum atomic E-state index is 1.00. The van der Waals surface area contributed by atoms with Gasteiger partial charge in [0.2, 0.25) is 0 Å². The highest BCUT2D eigenvalue weighted by atomic mass is 16.5. The van der Waals surface area contributed by atoms with Gasteiger partial charge in [0.1, 0.15) is 5.75 Å². The number of rotatable bonds is 3. The van der Waals surface area contributed by atoms with E-state index >= 15 is 0 Å². The zero-order chi connectivity index (χ0) is 12.3. The molecule has 1 aliphatic rings. The Labute approximate surface area is 105 Å². The zero-order valence-corrected chi connectivity index (χ0v) is 11.3. The van der Waals surface area contributed by atoms with Crippen LogP contribution in [-0.4, -0.2) is 25.1 Å². The topological polar surface area (TPSA) is 12.5 Å². The number of hydrogen-bond donors (Lipinski definition) is 0. The molecule has 1 aliphatic heterocycles. The zero-order valence-electron chi connectivity index (χ0n) is 11.3. The Hall–Kier alpha value is -1.02. The average Bonchev–Trinajstić information content (AvgIpc) is 2.34. The van der Waals surface area contributed by atoms with Gasteiger partial charge in [0.25, 0.3) is 0 Å². The molecule has 1 saturated heterocycles. The number of ether oxygens (including phenoxy) is 1. The van der Waals surface area contributed by atoms with Gasteiger partial charge in [-0.1, -0.05) is 12.5 Å². The number of likely N-dealkylation sites (tertiary alicyclic amines) is 1. The quantitative estimate of drug-likeness (QED) is 0.794. The molecular formula is C15H23NO. The van der Waals surface area contributed by atoms with Gasteiger partial charge in [-0.3, -0.25) is 4.90 Å². The van der Waals surface area contributed by atoms with Gasteiger partial charge in [-0.15, -0.1) is 0 Å². The summed E-state index contributed by atoms with van der Waals surface area (Å²) in [6.07, 6.45) is 4.11. The summed E-state index contributed by atoms with van der Waals surface area (Å²) < 4.78 is 5.36. The Kier molecular flexibility index (Phi) is 4.06. The molecule has 0 unspecified atom stereocenters. The Morgan fingerprint density at radius 1 is 1.06 bits per heavy atom. The van der Waals surface area contributed by atoms with Gasteiger partial charge in [-0.05, 0) is 62.5 Å². The fourth-order valence-electron chi connectivity index (χ4n) is 2.60. The van der Waals surface area contributed by atoms with E-state index in [0.717, 1.165) is 12.3 Å². The van der Waals surface area contributed by atoms with E-state index < -0.39 is 0 Å². The highest BCUT2D eigenvalue weighted by molar-refractivity contribution is 5.41. The predicted molar refractivity (Wildman–Crippen MR) is 71.6 cm³/mol. The molecule has 0 spiro atoms. The molecule has 94 valence electrons. The van der Waals surface area contributed by atoms with Crippen molar-refractivity contribution in [3.05, 3.63) is 28.8 Å². The summed E-state index contributed by atoms with van der Waals surface area (Å²) in [7, 11) is 1.74. The van der Waals surface area contributed by atoms with Crippen molar-refractivity contribution in [2.24, 2.45) is 0 Å². The highest BCUT2D eigenvalue weighted by Gasteiger charge is 2.12. The van der Waals surface area contributed by atoms with Crippen LogP contribution < -0.4 is 4.74 Å². The second kappa shape index (κ2) is 5.54. The molecule has 0 N–H and O–H groups in total. The molecule has 0 amide bonds. The third-order valence-electron chi connectivity index (χ3n) is 3.70. The summed E-state index contributed by atoms with van der Waals surface area (Å²) in [5, 5.41) is 0. The second-order valence-corrected chi connectivity index (χ2v) is 5.09. The van der Waals surface area contributed by atoms with Crippen molar-refractivity contribution in [1.29, 1.82) is 0 Å². The van der Waals surface area contributed by atoms with Gasteiger partial charge < -0.3 is 4.74 Å². The van der Waals surface area contributed by atoms with Crippen LogP contribution in [0.25, 0.3) is 0 Å². The number of hydrogen-bond acceptors (Lipinski definition) is 2. The molecule has 2 heteroatoms. The third-order valence-corrected chi connectivity index (χ3v) is 3.70. The molecule has 0 aromatic heterocycles. The first-order chi connectivity index (χ1) is 8.20. The molecule has 0 atom stereocenters. The maximum absolute atomic E-state index is 5.36. The van der Waals surface area contributed by atoms with Crippen LogP contribution in [0.1, 0.15) is 36.0 Å². The van der Waals surface area contributed by atoms with Crippen LogP contribution in [0.3, 0.4) is 0 Å². The van der Waals surface area contributed by atoms with Crippen molar-refractivity contribution in [2.45, 2.75) is 39.7 Å². The lowest BCUT2D eigenvalue weighted by molar-refractivity contribution is 0.220. The summed E-state index contributed by atoms with van der Waals surface area (Å²) >= 11 is 0. The summed E-state index contributed by atoms with van der Waals surface area (Å²) in [6, 6.07) is 4.44. The maximum Gasteiger partial charge on any atom is 0.122 e. The maximum atomic E-state index is 5.36. The lowest BCUT2D eigenvalue weighted by Crippen LogP contribution is -2.29. The fraction of sp³-hybridized carbons (Fsp3) is 0.600. The minimum Gasteiger partial charge on any atom is -0.496 e. The molecular weight excluding hydrogens is 210 g/mol. The first kappa shape index (κ1) is 12.4. The first-order valence-electron chi connectivity index (χ1n) is 6.57. The van der Waals surface area contributed by atoms with Crippen LogP contribution in [0.15, 0.2) is 12.1 Å². The van der Waals surface area contributed by atoms with E-state index in [0.29, 0.717) is 0 Å². The second-order valence-electron chi connectivity index (χ2n) is 5.09. The van der Waals surface area contributed by atoms with E-state index in [9.17, 15) is 0 Å². The van der Waals surface area contributed by atoms with E-state index in [1.807, 2.05) is 0 Å². The van der Waals surface area contributed by atoms with E-state index in [-0.39, 0.29) is 0 Å². The van der Waals surface area contributed by atoms with Gasteiger partial charge >= 0.3 is 0 Å². The summed E-state index contributed by atoms with van der Waals surface area (Å²) in [5.41, 5.74) is 4.04. The van der Waals surface area contributed by atoms with Crippen molar-refractivity contribution >= 4 is 0 Å². The monoisotopic (exact) mass is 233 g/mol. The summed E-state index contributed by atoms with van der Waals surface area (Å²) in [5.74, 6) is 1.00. The minimum absolute atomic E-state index is 1.00. The number of aryl methyl sites for hydroxylation is 2. The van der Waals surface area contributed by atoms with Crippen molar-refractivity contribution in [1.82, 2.24) is 4.90 Å². The Bertz CT molecular complexity index is 381. The molecule has 2 rings (SSSR count). The fourth-order valence-corrected chi connectivity index (χ4v) is 2.60. The number of methoxy groups -OCH3 is 1. The summed E-state index contributed by atoms with van der Waals surface area (Å²) in [6.45, 7) is 7.91. The highest BCUT2D eigenvalue weighted by Crippen LogP contribution is 2.24. The van der Waals surface area contributed by atoms with Crippen LogP contribution in [0.2, 0.25) is 0 Å². The van der Waals surface area contributed by atoms with Crippen molar-refractivity contribution in [3.63, 3.8) is 0 Å². The van der Waals surface area contributed by atoms with Crippen LogP contribution in [0.4, 0.5) is 0 Å². The number of nitrogens with zero attached hydrogens (tertiary/aromatic N) is 1. The molecule has 1 aromatic rings. The molecule has 1 aromatic carbocycles. The van der Waals surface area contributed by atoms with Gasteiger partial charge in [-0.25, -0.2) is 0 Å². The van der Waals surface area contributed by atoms with Crippen LogP contribution in [-0.2, 0) is 6.54 Å². The molecule has 1 fully saturated rings. The van der Waals surface area contributed by atoms with Gasteiger partial charge in [0.15, 0.2) is 0 Å². The van der Waals surface area contributed by atoms with E-state index in [1.54, 1.807) is 7.11 Å². The normalized spacial score (nSPS) is 17.1. The SMILES string of the molecule is COc1cc(C)c(CN2CCCCC2)cc1C. The van der Waals surface area contributed by atoms with Crippen LogP contribution in [0, 0.1) is 13.8 Å². The Balaban J connectivity index is 2.12. The standard InChI is InChI=1S/C15H23NO/c1-12-10-15(17-3)13(2)9-14(12)11-16-7-5-4-6-8-16/h9-10H,4-8,11H2,1-3H3. The number of benzene rings is 1. The van der Waals surface area contributed by atoms with Crippen molar-refractivity contribution < 1.29 is 4.74 Å². The molecule has 0 bridgehead atoms. The molecule has 2 nitrogen and oxygen atoms in total. The predicted octanol–water partition coefficient (Wildman–Crippen LogP) is 3.30. The molecule has 17 heavy (non-hydrogen) atoms. The largest absolute Gasteiger partial charge is 0.496 e. The molecule has 0 saturated carbocycles. The average molecular weight is 233 g/mol. The van der Waals surface area contributed by atoms with Crippen LogP contribution in [0.5, 0.6) is 5.75 Å². The smallest absolute Gasteiger partial charge is 0.122 e. The van der Waals surface area contributed by atoms with Gasteiger partial charge in [0, 0.05) is 6.54 Å². The van der Waals surface area contributed by atoms with Crippen molar-refractivity contribution in [2.75, 3.05) is 20.2 Å². The Morgan fingerprint density at radius 3 is 2.41 bits per heavy atom. The van der Waals surface area contributed by atoms with E-state index in [2.05, 4.69) is 30.9 Å². The van der Waals surface area contributed by atoms with Crippen LogP contribution >= 0.6 is 0 Å². The third kappa shape index (κ3) is 3.01. The lowest BCUT2D eigenvalue weighted by Gasteiger charge is -2.27. The molecule has 0 aliphatic carbocycles. The molecule has 0 radical (unpaired) electrons. The van der Waals surface area contributed by atoms with Crippen molar-refractivity contribution in [3.8, 4) is 5.75 Å². The first-order valence-corrected chi connectivity index (χ1v) is 6.57. The Morgan fingerprint density at radius 2 is 1.76 bits per heavy atom. The van der Waals surface area contributed by atoms with Gasteiger partial charge in [0.05, 0.1) is 7.11 Å². The lowest BCUT2D eigenvalue weighted by atomic mass is 10.0. The number of piperidine rings is 1. The summed E-state index contributed by atoms with van der Waals surface area (Å²) in [4.78, 5) is 2.57. The van der Waals surface area contributed by atoms with E-state index in [4.69, 9.17) is 4.74 Å². The molecule has 1 heterocycles. The van der Waals surface area contributed by atoms with E-state index in [1.165, 1.54) is 49.0 Å². The van der Waals surface area contributed by atoms with Gasteiger partial charge in [-0.2, -0.15) is 0 Å².